The van der Waals surface area contributed by atoms with E-state index in [0.29, 0.717) is 16.8 Å². The minimum absolute atomic E-state index is 0.250. The summed E-state index contributed by atoms with van der Waals surface area (Å²) in [6.07, 6.45) is 0. The molecule has 0 aromatic heterocycles. The number of carbonyl (C=O) groups is 2. The van der Waals surface area contributed by atoms with E-state index >= 15 is 0 Å². The number of ether oxygens (including phenoxy) is 1. The Morgan fingerprint density at radius 2 is 1.81 bits per heavy atom. The summed E-state index contributed by atoms with van der Waals surface area (Å²) in [5, 5.41) is 2.77. The van der Waals surface area contributed by atoms with E-state index in [-0.39, 0.29) is 5.91 Å². The first-order valence-corrected chi connectivity index (χ1v) is 7.35. The van der Waals surface area contributed by atoms with E-state index in [1.165, 1.54) is 7.11 Å². The molecule has 1 amide bonds. The van der Waals surface area contributed by atoms with Crippen molar-refractivity contribution in [3.63, 3.8) is 0 Å². The number of aryl methyl sites for hydroxylation is 1. The van der Waals surface area contributed by atoms with E-state index in [1.54, 1.807) is 24.3 Å². The number of hydrogen-bond donors (Lipinski definition) is 1. The van der Waals surface area contributed by atoms with Gasteiger partial charge in [0.05, 0.1) is 18.4 Å². The fourth-order valence-electron chi connectivity index (χ4n) is 1.92. The number of carbonyl (C=O) groups excluding carboxylic acids is 2. The third kappa shape index (κ3) is 3.60. The van der Waals surface area contributed by atoms with Gasteiger partial charge in [-0.2, -0.15) is 0 Å². The lowest BCUT2D eigenvalue weighted by atomic mass is 10.1. The molecule has 0 fully saturated rings. The molecule has 0 aliphatic heterocycles. The molecular weight excluding hydrogens is 381 g/mol. The summed E-state index contributed by atoms with van der Waals surface area (Å²) in [4.78, 5) is 24.1. The average Bonchev–Trinajstić information content (AvgIpc) is 2.48. The number of rotatable bonds is 3. The Kier molecular flexibility index (Phi) is 4.95. The molecule has 0 atom stereocenters. The third-order valence-electron chi connectivity index (χ3n) is 3.02. The Balaban J connectivity index is 2.34. The van der Waals surface area contributed by atoms with Crippen LogP contribution in [0.2, 0.25) is 0 Å². The maximum absolute atomic E-state index is 12.3. The van der Waals surface area contributed by atoms with Crippen LogP contribution in [0.5, 0.6) is 0 Å². The Morgan fingerprint density at radius 3 is 2.48 bits per heavy atom. The molecule has 108 valence electrons. The number of nitrogens with one attached hydrogen (secondary N) is 1. The molecule has 2 rings (SSSR count). The molecule has 2 aromatic carbocycles. The lowest BCUT2D eigenvalue weighted by Gasteiger charge is -2.11. The minimum Gasteiger partial charge on any atom is -0.465 e. The predicted molar refractivity (Wildman–Crippen MR) is 89.6 cm³/mol. The summed E-state index contributed by atoms with van der Waals surface area (Å²) in [6, 6.07) is 12.5. The van der Waals surface area contributed by atoms with Crippen LogP contribution >= 0.6 is 22.6 Å². The van der Waals surface area contributed by atoms with Gasteiger partial charge in [-0.25, -0.2) is 4.79 Å². The van der Waals surface area contributed by atoms with E-state index in [4.69, 9.17) is 4.74 Å². The van der Waals surface area contributed by atoms with Crippen LogP contribution in [0.1, 0.15) is 26.3 Å². The van der Waals surface area contributed by atoms with Gasteiger partial charge in [0.1, 0.15) is 0 Å². The zero-order valence-electron chi connectivity index (χ0n) is 11.6. The first-order chi connectivity index (χ1) is 10.0. The molecule has 4 nitrogen and oxygen atoms in total. The zero-order valence-corrected chi connectivity index (χ0v) is 13.8. The van der Waals surface area contributed by atoms with Crippen LogP contribution in [-0.4, -0.2) is 19.0 Å². The molecule has 0 spiro atoms. The van der Waals surface area contributed by atoms with Crippen LogP contribution in [-0.2, 0) is 4.74 Å². The van der Waals surface area contributed by atoms with Gasteiger partial charge in [-0.3, -0.25) is 4.79 Å². The lowest BCUT2D eigenvalue weighted by Crippen LogP contribution is -2.16. The van der Waals surface area contributed by atoms with Gasteiger partial charge < -0.3 is 10.1 Å². The van der Waals surface area contributed by atoms with Crippen molar-refractivity contribution < 1.29 is 14.3 Å². The summed E-state index contributed by atoms with van der Waals surface area (Å²) in [5.74, 6) is -0.729. The number of esters is 1. The molecule has 0 saturated carbocycles. The highest BCUT2D eigenvalue weighted by Crippen LogP contribution is 2.21. The van der Waals surface area contributed by atoms with Gasteiger partial charge in [0, 0.05) is 9.13 Å². The largest absolute Gasteiger partial charge is 0.465 e. The number of benzene rings is 2. The predicted octanol–water partition coefficient (Wildman–Crippen LogP) is 3.64. The molecule has 21 heavy (non-hydrogen) atoms. The summed E-state index contributed by atoms with van der Waals surface area (Å²) in [7, 11) is 1.31. The Morgan fingerprint density at radius 1 is 1.10 bits per heavy atom. The standard InChI is InChI=1S/C16H14INO3/c1-10-5-3-4-6-12(10)15(19)18-14-8-7-11(17)9-13(14)16(20)21-2/h3-9H,1-2H3,(H,18,19). The Hall–Kier alpha value is -1.89. The van der Waals surface area contributed by atoms with E-state index in [9.17, 15) is 9.59 Å². The van der Waals surface area contributed by atoms with Crippen molar-refractivity contribution in [2.75, 3.05) is 12.4 Å². The fraction of sp³-hybridized carbons (Fsp3) is 0.125. The SMILES string of the molecule is COC(=O)c1cc(I)ccc1NC(=O)c1ccccc1C. The second-order valence-corrected chi connectivity index (χ2v) is 5.70. The molecule has 0 aliphatic carbocycles. The van der Waals surface area contributed by atoms with Gasteiger partial charge >= 0.3 is 5.97 Å². The first kappa shape index (κ1) is 15.5. The van der Waals surface area contributed by atoms with Gasteiger partial charge in [0.15, 0.2) is 0 Å². The highest BCUT2D eigenvalue weighted by Gasteiger charge is 2.16. The monoisotopic (exact) mass is 395 g/mol. The summed E-state index contributed by atoms with van der Waals surface area (Å²) >= 11 is 2.10. The van der Waals surface area contributed by atoms with Crippen molar-refractivity contribution in [2.24, 2.45) is 0 Å². The van der Waals surface area contributed by atoms with Crippen molar-refractivity contribution in [2.45, 2.75) is 6.92 Å². The number of methoxy groups -OCH3 is 1. The average molecular weight is 395 g/mol. The summed E-state index contributed by atoms with van der Waals surface area (Å²) < 4.78 is 5.64. The molecule has 0 unspecified atom stereocenters. The van der Waals surface area contributed by atoms with Crippen LogP contribution in [0.25, 0.3) is 0 Å². The van der Waals surface area contributed by atoms with Crippen LogP contribution in [0.3, 0.4) is 0 Å². The lowest BCUT2D eigenvalue weighted by molar-refractivity contribution is 0.0602. The number of halogens is 1. The minimum atomic E-state index is -0.478. The number of hydrogen-bond acceptors (Lipinski definition) is 3. The van der Waals surface area contributed by atoms with Gasteiger partial charge in [0.2, 0.25) is 0 Å². The molecule has 0 bridgehead atoms. The molecule has 0 heterocycles. The molecule has 0 saturated heterocycles. The quantitative estimate of drug-likeness (QED) is 0.638. The Bertz CT molecular complexity index is 698. The number of amides is 1. The smallest absolute Gasteiger partial charge is 0.340 e. The summed E-state index contributed by atoms with van der Waals surface area (Å²) in [6.45, 7) is 1.87. The van der Waals surface area contributed by atoms with Gasteiger partial charge in [-0.05, 0) is 59.3 Å². The van der Waals surface area contributed by atoms with Crippen LogP contribution in [0.15, 0.2) is 42.5 Å². The van der Waals surface area contributed by atoms with Crippen molar-refractivity contribution in [1.82, 2.24) is 0 Å². The fourth-order valence-corrected chi connectivity index (χ4v) is 2.41. The van der Waals surface area contributed by atoms with E-state index in [1.807, 2.05) is 25.1 Å². The molecular formula is C16H14INO3. The van der Waals surface area contributed by atoms with E-state index in [0.717, 1.165) is 9.13 Å². The van der Waals surface area contributed by atoms with E-state index < -0.39 is 5.97 Å². The first-order valence-electron chi connectivity index (χ1n) is 6.27. The van der Waals surface area contributed by atoms with Crippen molar-refractivity contribution in [3.8, 4) is 0 Å². The van der Waals surface area contributed by atoms with Crippen molar-refractivity contribution in [3.05, 3.63) is 62.7 Å². The van der Waals surface area contributed by atoms with Crippen molar-refractivity contribution >= 4 is 40.2 Å². The zero-order chi connectivity index (χ0) is 15.4. The van der Waals surface area contributed by atoms with Crippen molar-refractivity contribution in [1.29, 1.82) is 0 Å². The molecule has 0 radical (unpaired) electrons. The van der Waals surface area contributed by atoms with Gasteiger partial charge in [0.25, 0.3) is 5.91 Å². The highest BCUT2D eigenvalue weighted by atomic mass is 127. The van der Waals surface area contributed by atoms with E-state index in [2.05, 4.69) is 27.9 Å². The summed E-state index contributed by atoms with van der Waals surface area (Å²) in [5.41, 5.74) is 2.23. The molecule has 2 aromatic rings. The van der Waals surface area contributed by atoms with Crippen LogP contribution < -0.4 is 5.32 Å². The Labute approximate surface area is 136 Å². The van der Waals surface area contributed by atoms with Gasteiger partial charge in [-0.1, -0.05) is 18.2 Å². The van der Waals surface area contributed by atoms with Gasteiger partial charge in [-0.15, -0.1) is 0 Å². The van der Waals surface area contributed by atoms with Crippen LogP contribution in [0, 0.1) is 10.5 Å². The molecule has 5 heteroatoms. The normalized spacial score (nSPS) is 10.0. The topological polar surface area (TPSA) is 55.4 Å². The maximum Gasteiger partial charge on any atom is 0.340 e. The second kappa shape index (κ2) is 6.71. The highest BCUT2D eigenvalue weighted by molar-refractivity contribution is 14.1. The molecule has 0 aliphatic rings. The molecule has 1 N–H and O–H groups in total. The second-order valence-electron chi connectivity index (χ2n) is 4.45. The third-order valence-corrected chi connectivity index (χ3v) is 3.70. The van der Waals surface area contributed by atoms with Crippen LogP contribution in [0.4, 0.5) is 5.69 Å². The number of anilines is 1. The maximum atomic E-state index is 12.3.